The fraction of sp³-hybridized carbons (Fsp3) is 0.600. The molecule has 1 rings (SSSR count). The minimum atomic E-state index is 0.246. The monoisotopic (exact) mass is 251 g/mol. The Morgan fingerprint density at radius 1 is 1.11 bits per heavy atom. The summed E-state index contributed by atoms with van der Waals surface area (Å²) in [6, 6.07) is 6.18. The van der Waals surface area contributed by atoms with E-state index in [-0.39, 0.29) is 6.04 Å². The van der Waals surface area contributed by atoms with Gasteiger partial charge >= 0.3 is 0 Å². The van der Waals surface area contributed by atoms with Crippen LogP contribution in [0.25, 0.3) is 0 Å². The second-order valence-corrected chi connectivity index (χ2v) is 4.75. The van der Waals surface area contributed by atoms with Gasteiger partial charge in [0.05, 0.1) is 19.8 Å². The topological polar surface area (TPSA) is 30.5 Å². The summed E-state index contributed by atoms with van der Waals surface area (Å²) in [7, 11) is 3.41. The van der Waals surface area contributed by atoms with Crippen molar-refractivity contribution in [3.8, 4) is 11.5 Å². The molecule has 0 saturated heterocycles. The lowest BCUT2D eigenvalue weighted by Crippen LogP contribution is -2.27. The molecule has 3 heteroatoms. The van der Waals surface area contributed by atoms with E-state index in [1.165, 1.54) is 0 Å². The van der Waals surface area contributed by atoms with Crippen molar-refractivity contribution in [1.29, 1.82) is 0 Å². The van der Waals surface area contributed by atoms with Crippen LogP contribution >= 0.6 is 0 Å². The van der Waals surface area contributed by atoms with Gasteiger partial charge in [0.1, 0.15) is 11.5 Å². The van der Waals surface area contributed by atoms with Gasteiger partial charge in [-0.2, -0.15) is 0 Å². The standard InChI is InChI=1S/C15H25NO2/c1-6-10-16-15(11(2)3)14-12(17-4)8-7-9-13(14)18-5/h7-9,11,15-16H,6,10H2,1-5H3. The van der Waals surface area contributed by atoms with Crippen molar-refractivity contribution < 1.29 is 9.47 Å². The van der Waals surface area contributed by atoms with Crippen molar-refractivity contribution in [2.45, 2.75) is 33.2 Å². The lowest BCUT2D eigenvalue weighted by molar-refractivity contribution is 0.344. The molecule has 1 unspecified atom stereocenters. The number of ether oxygens (including phenoxy) is 2. The van der Waals surface area contributed by atoms with E-state index in [4.69, 9.17) is 9.47 Å². The molecule has 1 aromatic rings. The van der Waals surface area contributed by atoms with E-state index >= 15 is 0 Å². The quantitative estimate of drug-likeness (QED) is 0.805. The summed E-state index contributed by atoms with van der Waals surface area (Å²) >= 11 is 0. The van der Waals surface area contributed by atoms with E-state index in [1.54, 1.807) is 14.2 Å². The molecule has 0 aromatic heterocycles. The van der Waals surface area contributed by atoms with Gasteiger partial charge in [0.15, 0.2) is 0 Å². The van der Waals surface area contributed by atoms with E-state index in [0.29, 0.717) is 5.92 Å². The molecule has 102 valence electrons. The third kappa shape index (κ3) is 3.39. The summed E-state index contributed by atoms with van der Waals surface area (Å²) in [4.78, 5) is 0. The zero-order valence-corrected chi connectivity index (χ0v) is 12.1. The number of rotatable bonds is 7. The zero-order valence-electron chi connectivity index (χ0n) is 12.1. The molecular formula is C15H25NO2. The third-order valence-electron chi connectivity index (χ3n) is 3.06. The van der Waals surface area contributed by atoms with Gasteiger partial charge in [0.2, 0.25) is 0 Å². The maximum Gasteiger partial charge on any atom is 0.127 e. The average Bonchev–Trinajstić information content (AvgIpc) is 2.38. The second-order valence-electron chi connectivity index (χ2n) is 4.75. The minimum Gasteiger partial charge on any atom is -0.496 e. The van der Waals surface area contributed by atoms with E-state index < -0.39 is 0 Å². The van der Waals surface area contributed by atoms with Crippen molar-refractivity contribution in [3.05, 3.63) is 23.8 Å². The highest BCUT2D eigenvalue weighted by molar-refractivity contribution is 5.47. The van der Waals surface area contributed by atoms with Crippen LogP contribution in [0.15, 0.2) is 18.2 Å². The van der Waals surface area contributed by atoms with Gasteiger partial charge in [-0.15, -0.1) is 0 Å². The Balaban J connectivity index is 3.15. The fourth-order valence-electron chi connectivity index (χ4n) is 2.16. The van der Waals surface area contributed by atoms with Crippen molar-refractivity contribution >= 4 is 0 Å². The molecule has 0 heterocycles. The Labute approximate surface area is 110 Å². The number of hydrogen-bond donors (Lipinski definition) is 1. The summed E-state index contributed by atoms with van der Waals surface area (Å²) < 4.78 is 11.0. The highest BCUT2D eigenvalue weighted by atomic mass is 16.5. The molecule has 3 nitrogen and oxygen atoms in total. The first-order chi connectivity index (χ1) is 8.65. The molecule has 0 aliphatic carbocycles. The average molecular weight is 251 g/mol. The molecule has 0 aliphatic rings. The molecule has 0 spiro atoms. The van der Waals surface area contributed by atoms with Crippen LogP contribution in [-0.2, 0) is 0 Å². The SMILES string of the molecule is CCCNC(c1c(OC)cccc1OC)C(C)C. The smallest absolute Gasteiger partial charge is 0.127 e. The maximum atomic E-state index is 5.48. The summed E-state index contributed by atoms with van der Waals surface area (Å²) in [6.07, 6.45) is 1.11. The molecule has 1 aromatic carbocycles. The van der Waals surface area contributed by atoms with Crippen LogP contribution in [0.5, 0.6) is 11.5 Å². The number of hydrogen-bond acceptors (Lipinski definition) is 3. The molecule has 1 N–H and O–H groups in total. The Morgan fingerprint density at radius 3 is 2.06 bits per heavy atom. The van der Waals surface area contributed by atoms with E-state index in [9.17, 15) is 0 Å². The molecule has 0 bridgehead atoms. The number of nitrogens with one attached hydrogen (secondary N) is 1. The van der Waals surface area contributed by atoms with Gasteiger partial charge < -0.3 is 14.8 Å². The molecule has 0 amide bonds. The molecule has 0 saturated carbocycles. The summed E-state index contributed by atoms with van der Waals surface area (Å²) in [5.74, 6) is 2.25. The molecule has 18 heavy (non-hydrogen) atoms. The Kier molecular flexibility index (Phi) is 5.99. The Hall–Kier alpha value is -1.22. The van der Waals surface area contributed by atoms with Crippen LogP contribution in [0.4, 0.5) is 0 Å². The van der Waals surface area contributed by atoms with Crippen LogP contribution in [-0.4, -0.2) is 20.8 Å². The van der Waals surface area contributed by atoms with Crippen LogP contribution in [0.3, 0.4) is 0 Å². The second kappa shape index (κ2) is 7.27. The number of methoxy groups -OCH3 is 2. The summed E-state index contributed by atoms with van der Waals surface area (Å²) in [5, 5.41) is 3.57. The molecule has 1 atom stereocenters. The zero-order chi connectivity index (χ0) is 13.5. The van der Waals surface area contributed by atoms with Crippen molar-refractivity contribution in [3.63, 3.8) is 0 Å². The van der Waals surface area contributed by atoms with E-state index in [0.717, 1.165) is 30.0 Å². The molecular weight excluding hydrogens is 226 g/mol. The highest BCUT2D eigenvalue weighted by Crippen LogP contribution is 2.37. The van der Waals surface area contributed by atoms with Crippen LogP contribution < -0.4 is 14.8 Å². The van der Waals surface area contributed by atoms with Gasteiger partial charge in [-0.1, -0.05) is 26.8 Å². The van der Waals surface area contributed by atoms with E-state index in [2.05, 4.69) is 26.1 Å². The van der Waals surface area contributed by atoms with Gasteiger partial charge in [-0.3, -0.25) is 0 Å². The Morgan fingerprint density at radius 2 is 1.67 bits per heavy atom. The van der Waals surface area contributed by atoms with Crippen molar-refractivity contribution in [2.24, 2.45) is 5.92 Å². The minimum absolute atomic E-state index is 0.246. The first-order valence-electron chi connectivity index (χ1n) is 6.59. The third-order valence-corrected chi connectivity index (χ3v) is 3.06. The highest BCUT2D eigenvalue weighted by Gasteiger charge is 2.22. The Bertz CT molecular complexity index is 341. The molecule has 0 fully saturated rings. The van der Waals surface area contributed by atoms with Crippen LogP contribution in [0.1, 0.15) is 38.8 Å². The summed E-state index contributed by atoms with van der Waals surface area (Å²) in [6.45, 7) is 7.58. The largest absolute Gasteiger partial charge is 0.496 e. The maximum absolute atomic E-state index is 5.48. The lowest BCUT2D eigenvalue weighted by atomic mass is 9.94. The predicted molar refractivity (Wildman–Crippen MR) is 75.4 cm³/mol. The molecule has 0 radical (unpaired) electrons. The molecule has 0 aliphatic heterocycles. The van der Waals surface area contributed by atoms with Crippen molar-refractivity contribution in [2.75, 3.05) is 20.8 Å². The fourth-order valence-corrected chi connectivity index (χ4v) is 2.16. The summed E-state index contributed by atoms with van der Waals surface area (Å²) in [5.41, 5.74) is 1.12. The van der Waals surface area contributed by atoms with Crippen LogP contribution in [0.2, 0.25) is 0 Å². The van der Waals surface area contributed by atoms with Gasteiger partial charge in [-0.25, -0.2) is 0 Å². The predicted octanol–water partition coefficient (Wildman–Crippen LogP) is 3.40. The van der Waals surface area contributed by atoms with E-state index in [1.807, 2.05) is 18.2 Å². The van der Waals surface area contributed by atoms with Crippen LogP contribution in [0, 0.1) is 5.92 Å². The lowest BCUT2D eigenvalue weighted by Gasteiger charge is -2.26. The first kappa shape index (κ1) is 14.8. The number of benzene rings is 1. The van der Waals surface area contributed by atoms with Crippen molar-refractivity contribution in [1.82, 2.24) is 5.32 Å². The first-order valence-corrected chi connectivity index (χ1v) is 6.59. The van der Waals surface area contributed by atoms with Gasteiger partial charge in [-0.05, 0) is 31.0 Å². The van der Waals surface area contributed by atoms with Gasteiger partial charge in [0, 0.05) is 6.04 Å². The normalized spacial score (nSPS) is 12.6. The van der Waals surface area contributed by atoms with Gasteiger partial charge in [0.25, 0.3) is 0 Å².